The van der Waals surface area contributed by atoms with Gasteiger partial charge in [0.25, 0.3) is 0 Å². The first-order valence-electron chi connectivity index (χ1n) is 8.79. The number of carbonyl (C=O) groups is 2. The standard InChI is InChI=1S/C21H26O5Si/c1-21(2,3)27(4,5)26-15-11-9-14(10-12-15)18(24)13-19(25)20-16(22)7-6-8-17(20)23/h6-12,22-23H,13H2,1-5H3. The Morgan fingerprint density at radius 1 is 0.926 bits per heavy atom. The number of Topliss-reactive ketones (excluding diaryl/α,β-unsaturated/α-hetero) is 2. The molecule has 2 rings (SSSR count). The van der Waals surface area contributed by atoms with Crippen LogP contribution >= 0.6 is 0 Å². The van der Waals surface area contributed by atoms with Gasteiger partial charge in [-0.25, -0.2) is 0 Å². The van der Waals surface area contributed by atoms with Gasteiger partial charge in [-0.05, 0) is 54.5 Å². The molecule has 0 spiro atoms. The lowest BCUT2D eigenvalue weighted by atomic mass is 10.00. The lowest BCUT2D eigenvalue weighted by Gasteiger charge is -2.36. The third kappa shape index (κ3) is 4.77. The van der Waals surface area contributed by atoms with E-state index >= 15 is 0 Å². The van der Waals surface area contributed by atoms with E-state index < -0.39 is 20.5 Å². The molecule has 0 aromatic heterocycles. The van der Waals surface area contributed by atoms with Gasteiger partial charge >= 0.3 is 0 Å². The molecule has 27 heavy (non-hydrogen) atoms. The van der Waals surface area contributed by atoms with Gasteiger partial charge in [-0.15, -0.1) is 0 Å². The van der Waals surface area contributed by atoms with Crippen molar-refractivity contribution in [2.75, 3.05) is 0 Å². The highest BCUT2D eigenvalue weighted by molar-refractivity contribution is 6.74. The fraction of sp³-hybridized carbons (Fsp3) is 0.333. The number of ketones is 2. The van der Waals surface area contributed by atoms with E-state index in [9.17, 15) is 19.8 Å². The van der Waals surface area contributed by atoms with Crippen molar-refractivity contribution < 1.29 is 24.2 Å². The normalized spacial score (nSPS) is 11.9. The number of phenolic OH excluding ortho intramolecular Hbond substituents is 2. The van der Waals surface area contributed by atoms with E-state index in [0.717, 1.165) is 0 Å². The second-order valence-corrected chi connectivity index (χ2v) is 12.8. The smallest absolute Gasteiger partial charge is 0.250 e. The summed E-state index contributed by atoms with van der Waals surface area (Å²) in [6, 6.07) is 10.7. The summed E-state index contributed by atoms with van der Waals surface area (Å²) in [6.45, 7) is 10.7. The average Bonchev–Trinajstić information content (AvgIpc) is 2.53. The predicted octanol–water partition coefficient (Wildman–Crippen LogP) is 4.94. The van der Waals surface area contributed by atoms with Gasteiger partial charge in [-0.2, -0.15) is 0 Å². The molecule has 0 heterocycles. The monoisotopic (exact) mass is 386 g/mol. The van der Waals surface area contributed by atoms with Crippen LogP contribution in [0.1, 0.15) is 47.9 Å². The number of carbonyl (C=O) groups excluding carboxylic acids is 2. The summed E-state index contributed by atoms with van der Waals surface area (Å²) in [6.07, 6.45) is -0.437. The van der Waals surface area contributed by atoms with Crippen LogP contribution in [-0.2, 0) is 0 Å². The number of benzene rings is 2. The Balaban J connectivity index is 2.11. The third-order valence-corrected chi connectivity index (χ3v) is 9.33. The Morgan fingerprint density at radius 3 is 1.93 bits per heavy atom. The average molecular weight is 387 g/mol. The first kappa shape index (κ1) is 20.7. The summed E-state index contributed by atoms with van der Waals surface area (Å²) in [4.78, 5) is 24.7. The van der Waals surface area contributed by atoms with E-state index in [1.54, 1.807) is 24.3 Å². The molecule has 0 amide bonds. The minimum atomic E-state index is -1.97. The van der Waals surface area contributed by atoms with Gasteiger partial charge in [-0.1, -0.05) is 26.8 Å². The lowest BCUT2D eigenvalue weighted by molar-refractivity contribution is 0.0892. The Hall–Kier alpha value is -2.60. The minimum Gasteiger partial charge on any atom is -0.544 e. The number of rotatable bonds is 6. The molecule has 0 saturated carbocycles. The molecule has 2 aromatic rings. The topological polar surface area (TPSA) is 83.8 Å². The first-order valence-corrected chi connectivity index (χ1v) is 11.7. The van der Waals surface area contributed by atoms with Gasteiger partial charge in [0, 0.05) is 5.56 Å². The summed E-state index contributed by atoms with van der Waals surface area (Å²) in [5.74, 6) is -1.00. The quantitative estimate of drug-likeness (QED) is 0.417. The number of aromatic hydroxyl groups is 2. The maximum absolute atomic E-state index is 12.4. The van der Waals surface area contributed by atoms with Crippen molar-refractivity contribution in [2.24, 2.45) is 0 Å². The zero-order chi connectivity index (χ0) is 20.4. The van der Waals surface area contributed by atoms with Crippen LogP contribution in [0.4, 0.5) is 0 Å². The van der Waals surface area contributed by atoms with E-state index in [-0.39, 0.29) is 27.9 Å². The molecule has 0 aliphatic carbocycles. The molecular formula is C21H26O5Si. The molecule has 0 aliphatic rings. The summed E-state index contributed by atoms with van der Waals surface area (Å²) >= 11 is 0. The number of phenols is 2. The zero-order valence-electron chi connectivity index (χ0n) is 16.4. The van der Waals surface area contributed by atoms with E-state index in [0.29, 0.717) is 11.3 Å². The summed E-state index contributed by atoms with van der Waals surface area (Å²) < 4.78 is 6.18. The molecular weight excluding hydrogens is 360 g/mol. The molecule has 0 atom stereocenters. The summed E-state index contributed by atoms with van der Waals surface area (Å²) in [5.41, 5.74) is 0.143. The highest BCUT2D eigenvalue weighted by atomic mass is 28.4. The van der Waals surface area contributed by atoms with E-state index in [2.05, 4.69) is 33.9 Å². The highest BCUT2D eigenvalue weighted by Gasteiger charge is 2.38. The SMILES string of the molecule is CC(C)(C)[Si](C)(C)Oc1ccc(C(=O)CC(=O)c2c(O)cccc2O)cc1. The van der Waals surface area contributed by atoms with Gasteiger partial charge in [0.2, 0.25) is 8.32 Å². The van der Waals surface area contributed by atoms with Crippen molar-refractivity contribution in [3.63, 3.8) is 0 Å². The molecule has 2 N–H and O–H groups in total. The molecule has 144 valence electrons. The number of hydrogen-bond acceptors (Lipinski definition) is 5. The van der Waals surface area contributed by atoms with E-state index in [4.69, 9.17) is 4.43 Å². The van der Waals surface area contributed by atoms with Gasteiger partial charge in [0.15, 0.2) is 11.6 Å². The first-order chi connectivity index (χ1) is 12.4. The summed E-state index contributed by atoms with van der Waals surface area (Å²) in [7, 11) is -1.97. The fourth-order valence-electron chi connectivity index (χ4n) is 2.31. The van der Waals surface area contributed by atoms with Crippen molar-refractivity contribution >= 4 is 19.9 Å². The molecule has 0 fully saturated rings. The van der Waals surface area contributed by atoms with Crippen LogP contribution in [-0.4, -0.2) is 30.1 Å². The second-order valence-electron chi connectivity index (χ2n) is 8.08. The Kier molecular flexibility index (Phi) is 5.80. The van der Waals surface area contributed by atoms with Crippen molar-refractivity contribution in [1.82, 2.24) is 0 Å². The van der Waals surface area contributed by atoms with Crippen LogP contribution < -0.4 is 4.43 Å². The Morgan fingerprint density at radius 2 is 1.44 bits per heavy atom. The van der Waals surface area contributed by atoms with Crippen LogP contribution in [0, 0.1) is 0 Å². The third-order valence-electron chi connectivity index (χ3n) is 4.98. The largest absolute Gasteiger partial charge is 0.544 e. The number of hydrogen-bond donors (Lipinski definition) is 2. The molecule has 6 heteroatoms. The molecule has 5 nitrogen and oxygen atoms in total. The molecule has 0 saturated heterocycles. The zero-order valence-corrected chi connectivity index (χ0v) is 17.4. The van der Waals surface area contributed by atoms with E-state index in [1.807, 2.05) is 0 Å². The van der Waals surface area contributed by atoms with Crippen LogP contribution in [0.25, 0.3) is 0 Å². The fourth-order valence-corrected chi connectivity index (χ4v) is 3.34. The van der Waals surface area contributed by atoms with E-state index in [1.165, 1.54) is 18.2 Å². The van der Waals surface area contributed by atoms with Crippen molar-refractivity contribution in [3.8, 4) is 17.2 Å². The Labute approximate surface area is 160 Å². The van der Waals surface area contributed by atoms with Crippen LogP contribution in [0.5, 0.6) is 17.2 Å². The van der Waals surface area contributed by atoms with Gasteiger partial charge in [-0.3, -0.25) is 9.59 Å². The van der Waals surface area contributed by atoms with Crippen molar-refractivity contribution in [1.29, 1.82) is 0 Å². The highest BCUT2D eigenvalue weighted by Crippen LogP contribution is 2.37. The lowest BCUT2D eigenvalue weighted by Crippen LogP contribution is -2.43. The van der Waals surface area contributed by atoms with Crippen molar-refractivity contribution in [3.05, 3.63) is 53.6 Å². The molecule has 0 bridgehead atoms. The molecule has 0 radical (unpaired) electrons. The van der Waals surface area contributed by atoms with Gasteiger partial charge in [0.05, 0.1) is 6.42 Å². The molecule has 2 aromatic carbocycles. The predicted molar refractivity (Wildman–Crippen MR) is 107 cm³/mol. The van der Waals surface area contributed by atoms with Crippen LogP contribution in [0.3, 0.4) is 0 Å². The van der Waals surface area contributed by atoms with Gasteiger partial charge in [0.1, 0.15) is 22.8 Å². The van der Waals surface area contributed by atoms with Gasteiger partial charge < -0.3 is 14.6 Å². The second kappa shape index (κ2) is 7.56. The minimum absolute atomic E-state index is 0.0631. The molecule has 0 aliphatic heterocycles. The van der Waals surface area contributed by atoms with Crippen molar-refractivity contribution in [2.45, 2.75) is 45.3 Å². The maximum atomic E-state index is 12.4. The summed E-state index contributed by atoms with van der Waals surface area (Å²) in [5, 5.41) is 19.6. The Bertz CT molecular complexity index is 828. The van der Waals surface area contributed by atoms with Crippen LogP contribution in [0.15, 0.2) is 42.5 Å². The maximum Gasteiger partial charge on any atom is 0.250 e. The molecule has 0 unspecified atom stereocenters. The van der Waals surface area contributed by atoms with Crippen LogP contribution in [0.2, 0.25) is 18.1 Å².